The maximum atomic E-state index is 11.8. The third-order valence-corrected chi connectivity index (χ3v) is 3.02. The van der Waals surface area contributed by atoms with E-state index in [1.165, 1.54) is 12.3 Å². The van der Waals surface area contributed by atoms with Gasteiger partial charge in [-0.3, -0.25) is 10.1 Å². The molecule has 6 heteroatoms. The van der Waals surface area contributed by atoms with Crippen molar-refractivity contribution in [3.05, 3.63) is 51.3 Å². The molecule has 0 amide bonds. The fourth-order valence-electron chi connectivity index (χ4n) is 1.97. The Balaban J connectivity index is 1.97. The Labute approximate surface area is 116 Å². The van der Waals surface area contributed by atoms with E-state index in [2.05, 4.69) is 0 Å². The van der Waals surface area contributed by atoms with Gasteiger partial charge in [0.15, 0.2) is 0 Å². The minimum absolute atomic E-state index is 0.0588. The Morgan fingerprint density at radius 2 is 2.30 bits per heavy atom. The summed E-state index contributed by atoms with van der Waals surface area (Å²) in [5.74, 6) is -0.402. The van der Waals surface area contributed by atoms with Crippen LogP contribution in [0.5, 0.6) is 0 Å². The van der Waals surface area contributed by atoms with Gasteiger partial charge < -0.3 is 9.47 Å². The van der Waals surface area contributed by atoms with Crippen molar-refractivity contribution in [1.29, 1.82) is 0 Å². The van der Waals surface area contributed by atoms with Crippen molar-refractivity contribution in [3.63, 3.8) is 0 Å². The van der Waals surface area contributed by atoms with Crippen molar-refractivity contribution < 1.29 is 19.2 Å². The molecule has 0 radical (unpaired) electrons. The molecule has 0 aromatic heterocycles. The maximum absolute atomic E-state index is 11.8. The van der Waals surface area contributed by atoms with Gasteiger partial charge >= 0.3 is 5.97 Å². The predicted molar refractivity (Wildman–Crippen MR) is 70.9 cm³/mol. The van der Waals surface area contributed by atoms with E-state index < -0.39 is 10.9 Å². The summed E-state index contributed by atoms with van der Waals surface area (Å²) in [6.45, 7) is 2.37. The molecule has 2 rings (SSSR count). The molecule has 0 N–H and O–H groups in total. The number of carbonyl (C=O) groups excluding carboxylic acids is 1. The minimum atomic E-state index is -0.435. The number of esters is 1. The third-order valence-electron chi connectivity index (χ3n) is 3.02. The highest BCUT2D eigenvalue weighted by Gasteiger charge is 2.15. The molecule has 0 atom stereocenters. The fourth-order valence-corrected chi connectivity index (χ4v) is 1.97. The van der Waals surface area contributed by atoms with Gasteiger partial charge in [-0.15, -0.1) is 0 Å². The zero-order valence-corrected chi connectivity index (χ0v) is 11.1. The van der Waals surface area contributed by atoms with Gasteiger partial charge in [0.2, 0.25) is 0 Å². The van der Waals surface area contributed by atoms with Crippen molar-refractivity contribution in [2.24, 2.45) is 0 Å². The van der Waals surface area contributed by atoms with Crippen molar-refractivity contribution >= 4 is 11.7 Å². The van der Waals surface area contributed by atoms with Gasteiger partial charge in [0, 0.05) is 11.6 Å². The van der Waals surface area contributed by atoms with Crippen LogP contribution in [0.3, 0.4) is 0 Å². The topological polar surface area (TPSA) is 78.7 Å². The van der Waals surface area contributed by atoms with Crippen LogP contribution in [0.2, 0.25) is 0 Å². The number of nitrogens with zero attached hydrogens (tertiary/aromatic N) is 1. The van der Waals surface area contributed by atoms with E-state index in [1.807, 2.05) is 0 Å². The molecular weight excluding hydrogens is 262 g/mol. The molecule has 0 aliphatic carbocycles. The lowest BCUT2D eigenvalue weighted by Gasteiger charge is -2.13. The van der Waals surface area contributed by atoms with Crippen molar-refractivity contribution in [3.8, 4) is 0 Å². The normalized spacial score (nSPS) is 14.2. The lowest BCUT2D eigenvalue weighted by Crippen LogP contribution is -2.12. The van der Waals surface area contributed by atoms with Gasteiger partial charge in [-0.2, -0.15) is 0 Å². The molecular formula is C14H15NO5. The molecule has 1 aromatic rings. The molecule has 106 valence electrons. The van der Waals surface area contributed by atoms with Crippen LogP contribution >= 0.6 is 0 Å². The van der Waals surface area contributed by atoms with Crippen LogP contribution in [0.1, 0.15) is 24.0 Å². The zero-order chi connectivity index (χ0) is 14.5. The van der Waals surface area contributed by atoms with Crippen LogP contribution in [-0.4, -0.2) is 17.5 Å². The second kappa shape index (κ2) is 6.18. The first kappa shape index (κ1) is 14.0. The molecule has 1 aliphatic rings. The van der Waals surface area contributed by atoms with E-state index in [4.69, 9.17) is 9.47 Å². The number of ether oxygens (including phenoxy) is 2. The van der Waals surface area contributed by atoms with Gasteiger partial charge in [-0.1, -0.05) is 0 Å². The van der Waals surface area contributed by atoms with Gasteiger partial charge in [0.1, 0.15) is 6.61 Å². The highest BCUT2D eigenvalue weighted by molar-refractivity contribution is 5.88. The molecule has 0 fully saturated rings. The van der Waals surface area contributed by atoms with Crippen LogP contribution in [-0.2, 0) is 20.9 Å². The first-order chi connectivity index (χ1) is 9.58. The van der Waals surface area contributed by atoms with Crippen molar-refractivity contribution in [2.75, 3.05) is 6.61 Å². The van der Waals surface area contributed by atoms with E-state index in [1.54, 1.807) is 19.1 Å². The average molecular weight is 277 g/mol. The maximum Gasteiger partial charge on any atom is 0.337 e. The Kier molecular flexibility index (Phi) is 4.34. The molecule has 0 saturated heterocycles. The largest absolute Gasteiger partial charge is 0.501 e. The summed E-state index contributed by atoms with van der Waals surface area (Å²) in [5.41, 5.74) is 1.85. The molecule has 20 heavy (non-hydrogen) atoms. The molecule has 1 aromatic carbocycles. The van der Waals surface area contributed by atoms with Crippen molar-refractivity contribution in [2.45, 2.75) is 26.4 Å². The first-order valence-corrected chi connectivity index (χ1v) is 6.29. The van der Waals surface area contributed by atoms with Crippen LogP contribution in [0.15, 0.2) is 30.0 Å². The standard InChI is InChI=1S/C14H15NO5/c1-10-7-11(4-5-13(10)15(17)18)8-20-14(16)12-3-2-6-19-9-12/h4-5,7,9H,2-3,6,8H2,1H3. The summed E-state index contributed by atoms with van der Waals surface area (Å²) in [7, 11) is 0. The molecule has 6 nitrogen and oxygen atoms in total. The van der Waals surface area contributed by atoms with Crippen LogP contribution < -0.4 is 0 Å². The van der Waals surface area contributed by atoms with Gasteiger partial charge in [-0.05, 0) is 37.5 Å². The number of rotatable bonds is 4. The summed E-state index contributed by atoms with van der Waals surface area (Å²) >= 11 is 0. The highest BCUT2D eigenvalue weighted by atomic mass is 16.6. The molecule has 1 aliphatic heterocycles. The Hall–Kier alpha value is -2.37. The summed E-state index contributed by atoms with van der Waals surface area (Å²) in [6, 6.07) is 4.66. The molecule has 0 unspecified atom stereocenters. The number of nitro benzene ring substituents is 1. The number of aryl methyl sites for hydroxylation is 1. The van der Waals surface area contributed by atoms with E-state index in [-0.39, 0.29) is 12.3 Å². The number of carbonyl (C=O) groups is 1. The molecule has 0 bridgehead atoms. The predicted octanol–water partition coefficient (Wildman–Crippen LogP) is 2.64. The van der Waals surface area contributed by atoms with E-state index in [9.17, 15) is 14.9 Å². The van der Waals surface area contributed by atoms with Gasteiger partial charge in [0.05, 0.1) is 23.4 Å². The summed E-state index contributed by atoms with van der Waals surface area (Å²) in [4.78, 5) is 22.0. The van der Waals surface area contributed by atoms with Crippen LogP contribution in [0.25, 0.3) is 0 Å². The number of benzene rings is 1. The van der Waals surface area contributed by atoms with E-state index in [0.29, 0.717) is 24.2 Å². The number of hydrogen-bond donors (Lipinski definition) is 0. The fraction of sp³-hybridized carbons (Fsp3) is 0.357. The second-order valence-electron chi connectivity index (χ2n) is 4.57. The third kappa shape index (κ3) is 3.34. The van der Waals surface area contributed by atoms with Gasteiger partial charge in [-0.25, -0.2) is 4.79 Å². The number of nitro groups is 1. The smallest absolute Gasteiger partial charge is 0.337 e. The monoisotopic (exact) mass is 277 g/mol. The molecule has 0 spiro atoms. The lowest BCUT2D eigenvalue weighted by molar-refractivity contribution is -0.385. The molecule has 0 saturated carbocycles. The quantitative estimate of drug-likeness (QED) is 0.480. The Bertz CT molecular complexity index is 565. The Morgan fingerprint density at radius 3 is 2.90 bits per heavy atom. The zero-order valence-electron chi connectivity index (χ0n) is 11.1. The SMILES string of the molecule is Cc1cc(COC(=O)C2=COCCC2)ccc1[N+](=O)[O-]. The lowest BCUT2D eigenvalue weighted by atomic mass is 10.1. The first-order valence-electron chi connectivity index (χ1n) is 6.29. The second-order valence-corrected chi connectivity index (χ2v) is 4.57. The minimum Gasteiger partial charge on any atom is -0.501 e. The van der Waals surface area contributed by atoms with Crippen LogP contribution in [0, 0.1) is 17.0 Å². The van der Waals surface area contributed by atoms with E-state index >= 15 is 0 Å². The van der Waals surface area contributed by atoms with Gasteiger partial charge in [0.25, 0.3) is 5.69 Å². The van der Waals surface area contributed by atoms with E-state index in [0.717, 1.165) is 12.0 Å². The number of hydrogen-bond acceptors (Lipinski definition) is 5. The summed E-state index contributed by atoms with van der Waals surface area (Å²) in [6.07, 6.45) is 2.89. The Morgan fingerprint density at radius 1 is 1.50 bits per heavy atom. The summed E-state index contributed by atoms with van der Waals surface area (Å²) < 4.78 is 10.2. The van der Waals surface area contributed by atoms with Crippen LogP contribution in [0.4, 0.5) is 5.69 Å². The van der Waals surface area contributed by atoms with Crippen molar-refractivity contribution in [1.82, 2.24) is 0 Å². The average Bonchev–Trinajstić information content (AvgIpc) is 2.45. The summed E-state index contributed by atoms with van der Waals surface area (Å²) in [5, 5.41) is 10.7. The molecule has 1 heterocycles. The highest BCUT2D eigenvalue weighted by Crippen LogP contribution is 2.20.